The lowest BCUT2D eigenvalue weighted by Gasteiger charge is -2.22. The first-order chi connectivity index (χ1) is 10.6. The van der Waals surface area contributed by atoms with Crippen molar-refractivity contribution in [2.45, 2.75) is 51.0 Å². The van der Waals surface area contributed by atoms with Gasteiger partial charge in [0.25, 0.3) is 0 Å². The van der Waals surface area contributed by atoms with E-state index in [4.69, 9.17) is 10.5 Å². The summed E-state index contributed by atoms with van der Waals surface area (Å²) in [7, 11) is 0. The number of nitrogens with two attached hydrogens (primary N) is 1. The standard InChI is InChI=1S/C16H21N3OS2/c1-4-5-10-6-11-12(7-20-10)22-15-13(11)14(17)18-16(19-15)21-8-9(2)3/h10H,2,4-8H2,1,3H3,(H2,17,18,19)/t10-/m1/s1. The molecule has 0 amide bonds. The van der Waals surface area contributed by atoms with Gasteiger partial charge in [0, 0.05) is 17.1 Å². The maximum atomic E-state index is 6.23. The smallest absolute Gasteiger partial charge is 0.191 e. The van der Waals surface area contributed by atoms with Crippen LogP contribution in [0, 0.1) is 0 Å². The normalized spacial score (nSPS) is 17.6. The van der Waals surface area contributed by atoms with Crippen LogP contribution in [-0.2, 0) is 17.8 Å². The van der Waals surface area contributed by atoms with Crippen molar-refractivity contribution in [3.05, 3.63) is 22.6 Å². The van der Waals surface area contributed by atoms with Gasteiger partial charge in [-0.1, -0.05) is 37.3 Å². The molecular weight excluding hydrogens is 314 g/mol. The van der Waals surface area contributed by atoms with E-state index in [1.165, 1.54) is 10.4 Å². The maximum absolute atomic E-state index is 6.23. The number of nitrogen functional groups attached to an aromatic ring is 1. The lowest BCUT2D eigenvalue weighted by Crippen LogP contribution is -2.21. The van der Waals surface area contributed by atoms with Crippen molar-refractivity contribution in [2.24, 2.45) is 0 Å². The third-order valence-electron chi connectivity index (χ3n) is 3.68. The van der Waals surface area contributed by atoms with Crippen molar-refractivity contribution in [1.29, 1.82) is 0 Å². The number of thiophene rings is 1. The highest BCUT2D eigenvalue weighted by atomic mass is 32.2. The number of fused-ring (bicyclic) bond motifs is 3. The second-order valence-electron chi connectivity index (χ2n) is 5.75. The third-order valence-corrected chi connectivity index (χ3v) is 5.86. The molecule has 3 heterocycles. The molecule has 2 N–H and O–H groups in total. The maximum Gasteiger partial charge on any atom is 0.191 e. The zero-order valence-electron chi connectivity index (χ0n) is 13.0. The Kier molecular flexibility index (Phi) is 4.70. The summed E-state index contributed by atoms with van der Waals surface area (Å²) in [4.78, 5) is 11.4. The molecule has 4 nitrogen and oxygen atoms in total. The number of nitrogens with zero attached hydrogens (tertiary/aromatic N) is 2. The van der Waals surface area contributed by atoms with Crippen molar-refractivity contribution in [1.82, 2.24) is 9.97 Å². The predicted molar refractivity (Wildman–Crippen MR) is 94.6 cm³/mol. The summed E-state index contributed by atoms with van der Waals surface area (Å²) in [6.07, 6.45) is 3.45. The monoisotopic (exact) mass is 335 g/mol. The number of anilines is 1. The second-order valence-corrected chi connectivity index (χ2v) is 7.77. The van der Waals surface area contributed by atoms with Crippen molar-refractivity contribution in [3.63, 3.8) is 0 Å². The Bertz CT molecular complexity index is 711. The van der Waals surface area contributed by atoms with Crippen LogP contribution in [0.5, 0.6) is 0 Å². The molecule has 2 aromatic rings. The molecule has 118 valence electrons. The summed E-state index contributed by atoms with van der Waals surface area (Å²) < 4.78 is 5.93. The van der Waals surface area contributed by atoms with Gasteiger partial charge >= 0.3 is 0 Å². The highest BCUT2D eigenvalue weighted by Gasteiger charge is 2.25. The number of rotatable bonds is 5. The summed E-state index contributed by atoms with van der Waals surface area (Å²) >= 11 is 3.28. The Morgan fingerprint density at radius 1 is 1.50 bits per heavy atom. The Labute approximate surface area is 139 Å². The lowest BCUT2D eigenvalue weighted by molar-refractivity contribution is 0.0254. The first-order valence-electron chi connectivity index (χ1n) is 7.55. The fourth-order valence-electron chi connectivity index (χ4n) is 2.68. The first kappa shape index (κ1) is 15.8. The van der Waals surface area contributed by atoms with Gasteiger partial charge in [0.2, 0.25) is 0 Å². The van der Waals surface area contributed by atoms with Gasteiger partial charge in [-0.15, -0.1) is 11.3 Å². The molecule has 0 aliphatic carbocycles. The lowest BCUT2D eigenvalue weighted by atomic mass is 10.0. The number of thioether (sulfide) groups is 1. The van der Waals surface area contributed by atoms with Gasteiger partial charge in [0.05, 0.1) is 18.1 Å². The average Bonchev–Trinajstić information content (AvgIpc) is 2.83. The van der Waals surface area contributed by atoms with Crippen LogP contribution in [0.4, 0.5) is 5.82 Å². The molecule has 0 saturated heterocycles. The third kappa shape index (κ3) is 3.14. The molecule has 1 aliphatic heterocycles. The minimum Gasteiger partial charge on any atom is -0.383 e. The molecule has 0 radical (unpaired) electrons. The van der Waals surface area contributed by atoms with Gasteiger partial charge in [-0.2, -0.15) is 0 Å². The summed E-state index contributed by atoms with van der Waals surface area (Å²) in [5, 5.41) is 1.78. The average molecular weight is 335 g/mol. The fourth-order valence-corrected chi connectivity index (χ4v) is 4.57. The quantitative estimate of drug-likeness (QED) is 0.504. The SMILES string of the molecule is C=C(C)CSc1nc(N)c2c3c(sc2n1)CO[C@H](CCC)C3. The van der Waals surface area contributed by atoms with Gasteiger partial charge in [-0.3, -0.25) is 0 Å². The van der Waals surface area contributed by atoms with Crippen LogP contribution in [0.3, 0.4) is 0 Å². The molecule has 6 heteroatoms. The van der Waals surface area contributed by atoms with Crippen LogP contribution in [0.1, 0.15) is 37.1 Å². The molecule has 3 rings (SSSR count). The van der Waals surface area contributed by atoms with Crippen LogP contribution in [0.15, 0.2) is 17.3 Å². The van der Waals surface area contributed by atoms with E-state index >= 15 is 0 Å². The molecule has 22 heavy (non-hydrogen) atoms. The molecular formula is C16H21N3OS2. The van der Waals surface area contributed by atoms with Crippen LogP contribution in [0.25, 0.3) is 10.2 Å². The van der Waals surface area contributed by atoms with Crippen molar-refractivity contribution < 1.29 is 4.74 Å². The van der Waals surface area contributed by atoms with E-state index < -0.39 is 0 Å². The molecule has 2 aromatic heterocycles. The van der Waals surface area contributed by atoms with Crippen LogP contribution >= 0.6 is 23.1 Å². The number of ether oxygens (including phenoxy) is 1. The van der Waals surface area contributed by atoms with Crippen molar-refractivity contribution in [3.8, 4) is 0 Å². The van der Waals surface area contributed by atoms with Crippen molar-refractivity contribution >= 4 is 39.1 Å². The molecule has 0 saturated carbocycles. The van der Waals surface area contributed by atoms with E-state index in [2.05, 4.69) is 23.5 Å². The molecule has 1 atom stereocenters. The van der Waals surface area contributed by atoms with Gasteiger partial charge < -0.3 is 10.5 Å². The fraction of sp³-hybridized carbons (Fsp3) is 0.500. The summed E-state index contributed by atoms with van der Waals surface area (Å²) in [5.41, 5.74) is 8.64. The highest BCUT2D eigenvalue weighted by molar-refractivity contribution is 7.99. The highest BCUT2D eigenvalue weighted by Crippen LogP contribution is 2.39. The van der Waals surface area contributed by atoms with E-state index in [9.17, 15) is 0 Å². The van der Waals surface area contributed by atoms with Gasteiger partial charge in [-0.05, 0) is 18.9 Å². The summed E-state index contributed by atoms with van der Waals surface area (Å²) in [6, 6.07) is 0. The Morgan fingerprint density at radius 2 is 2.32 bits per heavy atom. The van der Waals surface area contributed by atoms with E-state index in [-0.39, 0.29) is 0 Å². The summed E-state index contributed by atoms with van der Waals surface area (Å²) in [5.74, 6) is 1.42. The van der Waals surface area contributed by atoms with E-state index in [1.54, 1.807) is 23.1 Å². The Hall–Kier alpha value is -1.11. The first-order valence-corrected chi connectivity index (χ1v) is 9.35. The molecule has 0 aromatic carbocycles. The minimum absolute atomic E-state index is 0.298. The largest absolute Gasteiger partial charge is 0.383 e. The molecule has 1 aliphatic rings. The topological polar surface area (TPSA) is 61.0 Å². The zero-order chi connectivity index (χ0) is 15.7. The van der Waals surface area contributed by atoms with E-state index in [1.807, 2.05) is 6.92 Å². The van der Waals surface area contributed by atoms with Crippen LogP contribution in [0.2, 0.25) is 0 Å². The number of aromatic nitrogens is 2. The zero-order valence-corrected chi connectivity index (χ0v) is 14.6. The molecule has 0 spiro atoms. The van der Waals surface area contributed by atoms with Crippen molar-refractivity contribution in [2.75, 3.05) is 11.5 Å². The number of hydrogen-bond acceptors (Lipinski definition) is 6. The predicted octanol–water partition coefficient (Wildman–Crippen LogP) is 4.18. The van der Waals surface area contributed by atoms with E-state index in [0.29, 0.717) is 18.5 Å². The van der Waals surface area contributed by atoms with Crippen LogP contribution < -0.4 is 5.73 Å². The Morgan fingerprint density at radius 3 is 3.05 bits per heavy atom. The molecule has 0 fully saturated rings. The van der Waals surface area contributed by atoms with E-state index in [0.717, 1.165) is 46.0 Å². The number of hydrogen-bond donors (Lipinski definition) is 1. The summed E-state index contributed by atoms with van der Waals surface area (Å²) in [6.45, 7) is 8.78. The van der Waals surface area contributed by atoms with Crippen LogP contribution in [-0.4, -0.2) is 21.8 Å². The molecule has 0 unspecified atom stereocenters. The van der Waals surface area contributed by atoms with Gasteiger partial charge in [-0.25, -0.2) is 9.97 Å². The second kappa shape index (κ2) is 6.56. The van der Waals surface area contributed by atoms with Gasteiger partial charge in [0.15, 0.2) is 5.16 Å². The minimum atomic E-state index is 0.298. The Balaban J connectivity index is 1.95. The molecule has 0 bridgehead atoms. The van der Waals surface area contributed by atoms with Gasteiger partial charge in [0.1, 0.15) is 10.6 Å².